The van der Waals surface area contributed by atoms with Crippen LogP contribution in [0.4, 0.5) is 0 Å². The Morgan fingerprint density at radius 2 is 1.83 bits per heavy atom. The number of primary amides is 1. The van der Waals surface area contributed by atoms with Gasteiger partial charge in [-0.25, -0.2) is 0 Å². The summed E-state index contributed by atoms with van der Waals surface area (Å²) in [7, 11) is 1.60. The van der Waals surface area contributed by atoms with Gasteiger partial charge in [0.25, 0.3) is 5.91 Å². The molecule has 10 heteroatoms. The van der Waals surface area contributed by atoms with Gasteiger partial charge in [0.05, 0.1) is 31.1 Å². The number of nitrogens with two attached hydrogens (primary N) is 1. The van der Waals surface area contributed by atoms with Crippen molar-refractivity contribution in [2.24, 2.45) is 10.9 Å². The zero-order chi connectivity index (χ0) is 25.1. The molecule has 0 radical (unpaired) electrons. The van der Waals surface area contributed by atoms with Crippen LogP contribution in [0.1, 0.15) is 27.9 Å². The van der Waals surface area contributed by atoms with Crippen molar-refractivity contribution in [2.75, 3.05) is 13.7 Å². The molecule has 0 saturated carbocycles. The molecular weight excluding hydrogens is 478 g/mol. The predicted molar refractivity (Wildman–Crippen MR) is 136 cm³/mol. The molecule has 9 nitrogen and oxygen atoms in total. The van der Waals surface area contributed by atoms with Crippen LogP contribution < -0.4 is 10.5 Å². The second-order valence-corrected chi connectivity index (χ2v) is 8.90. The molecule has 2 heterocycles. The van der Waals surface area contributed by atoms with E-state index in [1.54, 1.807) is 43.5 Å². The summed E-state index contributed by atoms with van der Waals surface area (Å²) in [4.78, 5) is 34.0. The molecule has 1 aliphatic rings. The third kappa shape index (κ3) is 4.16. The Balaban J connectivity index is 1.52. The van der Waals surface area contributed by atoms with Gasteiger partial charge in [0, 0.05) is 17.5 Å². The second-order valence-electron chi connectivity index (χ2n) is 8.38. The molecule has 1 aromatic heterocycles. The average Bonchev–Trinajstić information content (AvgIpc) is 3.55. The van der Waals surface area contributed by atoms with Gasteiger partial charge in [-0.05, 0) is 35.9 Å². The number of aromatic nitrogens is 2. The first kappa shape index (κ1) is 23.4. The Morgan fingerprint density at radius 1 is 1.06 bits per heavy atom. The summed E-state index contributed by atoms with van der Waals surface area (Å²) >= 11 is 1.04. The number of hydrogen-bond acceptors (Lipinski definition) is 8. The number of ether oxygens (including phenoxy) is 1. The molecule has 5 rings (SSSR count). The number of likely N-dealkylation sites (tertiary alicyclic amines) is 1. The maximum atomic E-state index is 13.7. The number of hydrogen-bond donors (Lipinski definition) is 1. The Labute approximate surface area is 211 Å². The fourth-order valence-corrected chi connectivity index (χ4v) is 5.01. The van der Waals surface area contributed by atoms with Gasteiger partial charge in [0.1, 0.15) is 23.4 Å². The molecule has 1 aliphatic heterocycles. The normalized spacial score (nSPS) is 18.5. The molecule has 1 atom stereocenters. The molecule has 0 aliphatic carbocycles. The average molecular weight is 502 g/mol. The van der Waals surface area contributed by atoms with Crippen molar-refractivity contribution in [3.8, 4) is 5.75 Å². The van der Waals surface area contributed by atoms with Gasteiger partial charge >= 0.3 is 0 Å². The highest BCUT2D eigenvalue weighted by atomic mass is 32.1. The smallest absolute Gasteiger partial charge is 0.255 e. The zero-order valence-corrected chi connectivity index (χ0v) is 20.3. The van der Waals surface area contributed by atoms with Gasteiger partial charge < -0.3 is 20.2 Å². The molecular formula is C26H23N5O4S. The van der Waals surface area contributed by atoms with Crippen molar-refractivity contribution >= 4 is 40.3 Å². The number of benzene rings is 3. The fraction of sp³-hybridized carbons (Fsp3) is 0.192. The number of oxime groups is 1. The van der Waals surface area contributed by atoms with E-state index in [-0.39, 0.29) is 25.5 Å². The summed E-state index contributed by atoms with van der Waals surface area (Å²) in [5, 5.41) is 4.31. The number of carbonyl (C=O) groups is 2. The lowest BCUT2D eigenvalue weighted by atomic mass is 9.84. The van der Waals surface area contributed by atoms with Crippen molar-refractivity contribution < 1.29 is 19.2 Å². The van der Waals surface area contributed by atoms with Crippen LogP contribution in [-0.4, -0.2) is 44.8 Å². The highest BCUT2D eigenvalue weighted by Gasteiger charge is 2.54. The summed E-state index contributed by atoms with van der Waals surface area (Å²) in [5.74, 6) is -0.268. The van der Waals surface area contributed by atoms with Crippen LogP contribution in [0.3, 0.4) is 0 Å². The number of amides is 2. The summed E-state index contributed by atoms with van der Waals surface area (Å²) in [6, 6.07) is 21.6. The minimum atomic E-state index is -1.50. The van der Waals surface area contributed by atoms with E-state index in [0.717, 1.165) is 23.0 Å². The first-order valence-corrected chi connectivity index (χ1v) is 12.0. The molecule has 4 aromatic rings. The van der Waals surface area contributed by atoms with Crippen molar-refractivity contribution in [1.29, 1.82) is 0 Å². The lowest BCUT2D eigenvalue weighted by Gasteiger charge is -2.35. The number of methoxy groups -OCH3 is 1. The van der Waals surface area contributed by atoms with E-state index in [2.05, 4.69) is 13.9 Å². The van der Waals surface area contributed by atoms with Gasteiger partial charge in [-0.3, -0.25) is 9.59 Å². The maximum Gasteiger partial charge on any atom is 0.255 e. The Morgan fingerprint density at radius 3 is 2.56 bits per heavy atom. The molecule has 182 valence electrons. The highest BCUT2D eigenvalue weighted by molar-refractivity contribution is 7.00. The predicted octanol–water partition coefficient (Wildman–Crippen LogP) is 3.50. The number of fused-ring (bicyclic) bond motifs is 1. The van der Waals surface area contributed by atoms with Crippen LogP contribution in [0.15, 0.2) is 78.0 Å². The van der Waals surface area contributed by atoms with E-state index in [9.17, 15) is 9.59 Å². The summed E-state index contributed by atoms with van der Waals surface area (Å²) in [6.45, 7) is 0.294. The van der Waals surface area contributed by atoms with Gasteiger partial charge in [-0.15, -0.1) is 0 Å². The van der Waals surface area contributed by atoms with Crippen molar-refractivity contribution in [1.82, 2.24) is 13.6 Å². The first-order chi connectivity index (χ1) is 17.5. The molecule has 1 unspecified atom stereocenters. The quantitative estimate of drug-likeness (QED) is 0.387. The first-order valence-electron chi connectivity index (χ1n) is 11.2. The molecule has 2 N–H and O–H groups in total. The van der Waals surface area contributed by atoms with Gasteiger partial charge in [0.2, 0.25) is 5.91 Å². The van der Waals surface area contributed by atoms with E-state index < -0.39 is 11.4 Å². The highest BCUT2D eigenvalue weighted by Crippen LogP contribution is 2.41. The van der Waals surface area contributed by atoms with Gasteiger partial charge in [-0.1, -0.05) is 47.6 Å². The van der Waals surface area contributed by atoms with E-state index in [1.165, 1.54) is 4.90 Å². The molecule has 3 aromatic carbocycles. The lowest BCUT2D eigenvalue weighted by Crippen LogP contribution is -2.53. The van der Waals surface area contributed by atoms with Gasteiger partial charge in [0.15, 0.2) is 5.54 Å². The van der Waals surface area contributed by atoms with E-state index in [0.29, 0.717) is 27.9 Å². The van der Waals surface area contributed by atoms with Crippen LogP contribution in [0.25, 0.3) is 11.0 Å². The summed E-state index contributed by atoms with van der Waals surface area (Å²) in [6.07, 6.45) is 0.0835. The van der Waals surface area contributed by atoms with Crippen LogP contribution in [0, 0.1) is 0 Å². The third-order valence-electron chi connectivity index (χ3n) is 6.25. The van der Waals surface area contributed by atoms with E-state index >= 15 is 0 Å². The van der Waals surface area contributed by atoms with Crippen LogP contribution in [-0.2, 0) is 21.8 Å². The monoisotopic (exact) mass is 501 g/mol. The van der Waals surface area contributed by atoms with Gasteiger partial charge in [-0.2, -0.15) is 8.75 Å². The van der Waals surface area contributed by atoms with Crippen molar-refractivity contribution in [2.45, 2.75) is 18.6 Å². The Kier molecular flexibility index (Phi) is 6.34. The minimum Gasteiger partial charge on any atom is -0.497 e. The van der Waals surface area contributed by atoms with E-state index in [1.807, 2.05) is 36.4 Å². The fourth-order valence-electron chi connectivity index (χ4n) is 4.46. The number of rotatable bonds is 7. The standard InChI is InChI=1S/C26H23N5O4S/c1-34-20-12-10-17(11-13-20)16-35-28-19-14-26(25(27)33,21-8-5-9-22-23(21)30-36-29-22)31(15-19)24(32)18-6-3-2-4-7-18/h2-13H,14-16H2,1H3,(H2,27,33). The number of carbonyl (C=O) groups excluding carboxylic acids is 2. The van der Waals surface area contributed by atoms with E-state index in [4.69, 9.17) is 15.3 Å². The van der Waals surface area contributed by atoms with Crippen LogP contribution >= 0.6 is 11.7 Å². The Hall–Kier alpha value is -4.31. The van der Waals surface area contributed by atoms with Crippen LogP contribution in [0.5, 0.6) is 5.75 Å². The second kappa shape index (κ2) is 9.74. The zero-order valence-electron chi connectivity index (χ0n) is 19.5. The summed E-state index contributed by atoms with van der Waals surface area (Å²) in [5.41, 5.74) is 8.10. The molecule has 1 fully saturated rings. The van der Waals surface area contributed by atoms with Crippen molar-refractivity contribution in [3.05, 3.63) is 89.5 Å². The molecule has 1 saturated heterocycles. The summed E-state index contributed by atoms with van der Waals surface area (Å²) < 4.78 is 13.9. The van der Waals surface area contributed by atoms with Crippen LogP contribution in [0.2, 0.25) is 0 Å². The minimum absolute atomic E-state index is 0.0766. The molecule has 0 spiro atoms. The maximum absolute atomic E-state index is 13.7. The number of nitrogens with zero attached hydrogens (tertiary/aromatic N) is 4. The third-order valence-corrected chi connectivity index (χ3v) is 6.79. The SMILES string of the molecule is COc1ccc(CON=C2CN(C(=O)c3ccccc3)C(C(N)=O)(c3cccc4nsnc34)C2)cc1. The molecule has 0 bridgehead atoms. The largest absolute Gasteiger partial charge is 0.497 e. The topological polar surface area (TPSA) is 120 Å². The molecule has 2 amide bonds. The lowest BCUT2D eigenvalue weighted by molar-refractivity contribution is -0.127. The Bertz CT molecular complexity index is 1440. The molecule has 36 heavy (non-hydrogen) atoms. The van der Waals surface area contributed by atoms with Crippen molar-refractivity contribution in [3.63, 3.8) is 0 Å².